The summed E-state index contributed by atoms with van der Waals surface area (Å²) in [6.45, 7) is 2.08. The zero-order chi connectivity index (χ0) is 14.3. The number of nitrogens with two attached hydrogens (primary N) is 1. The topological polar surface area (TPSA) is 43.8 Å². The molecule has 0 aliphatic heterocycles. The molecule has 3 rings (SSSR count). The fraction of sp³-hybridized carbons (Fsp3) is 0.438. The summed E-state index contributed by atoms with van der Waals surface area (Å²) in [5, 5.41) is 0. The molecule has 0 unspecified atom stereocenters. The van der Waals surface area contributed by atoms with Crippen molar-refractivity contribution in [3.05, 3.63) is 34.1 Å². The molecule has 0 radical (unpaired) electrons. The van der Waals surface area contributed by atoms with Crippen LogP contribution in [0.5, 0.6) is 0 Å². The summed E-state index contributed by atoms with van der Waals surface area (Å²) in [6, 6.07) is 6.30. The molecule has 3 nitrogen and oxygen atoms in total. The molecule has 2 aromatic rings. The first kappa shape index (κ1) is 13.7. The largest absolute Gasteiger partial charge is 0.383 e. The highest BCUT2D eigenvalue weighted by molar-refractivity contribution is 9.10. The highest BCUT2D eigenvalue weighted by atomic mass is 79.9. The van der Waals surface area contributed by atoms with Crippen molar-refractivity contribution in [3.8, 4) is 11.3 Å². The molecule has 1 aromatic heterocycles. The van der Waals surface area contributed by atoms with E-state index in [0.29, 0.717) is 5.92 Å². The molecule has 1 aromatic carbocycles. The minimum absolute atomic E-state index is 0.574. The molecule has 1 aliphatic carbocycles. The first-order valence-electron chi connectivity index (χ1n) is 7.16. The molecular formula is C16H20BrN3. The van der Waals surface area contributed by atoms with Gasteiger partial charge in [-0.2, -0.15) is 0 Å². The Kier molecular flexibility index (Phi) is 3.59. The van der Waals surface area contributed by atoms with Gasteiger partial charge in [-0.25, -0.2) is 4.98 Å². The van der Waals surface area contributed by atoms with Gasteiger partial charge in [0.2, 0.25) is 0 Å². The quantitative estimate of drug-likeness (QED) is 0.885. The Morgan fingerprint density at radius 1 is 1.30 bits per heavy atom. The van der Waals surface area contributed by atoms with E-state index in [1.165, 1.54) is 31.2 Å². The third kappa shape index (κ3) is 2.26. The summed E-state index contributed by atoms with van der Waals surface area (Å²) < 4.78 is 3.17. The molecule has 0 atom stereocenters. The van der Waals surface area contributed by atoms with Gasteiger partial charge in [0.1, 0.15) is 17.3 Å². The second-order valence-electron chi connectivity index (χ2n) is 5.71. The third-order valence-electron chi connectivity index (χ3n) is 4.34. The van der Waals surface area contributed by atoms with Gasteiger partial charge in [-0.15, -0.1) is 0 Å². The fourth-order valence-electron chi connectivity index (χ4n) is 3.03. The number of nitrogens with zero attached hydrogens (tertiary/aromatic N) is 2. The average Bonchev–Trinajstić information content (AvgIpc) is 3.04. The van der Waals surface area contributed by atoms with E-state index < -0.39 is 0 Å². The van der Waals surface area contributed by atoms with Gasteiger partial charge in [-0.1, -0.05) is 40.9 Å². The Bertz CT molecular complexity index is 639. The summed E-state index contributed by atoms with van der Waals surface area (Å²) in [6.07, 6.45) is 5.09. The van der Waals surface area contributed by atoms with Crippen LogP contribution in [-0.4, -0.2) is 9.55 Å². The second kappa shape index (κ2) is 5.24. The van der Waals surface area contributed by atoms with Crippen molar-refractivity contribution >= 4 is 21.7 Å². The Labute approximate surface area is 128 Å². The number of hydrogen-bond acceptors (Lipinski definition) is 2. The maximum atomic E-state index is 6.28. The Morgan fingerprint density at radius 3 is 2.65 bits per heavy atom. The van der Waals surface area contributed by atoms with E-state index in [1.54, 1.807) is 0 Å². The molecule has 0 spiro atoms. The number of rotatable bonds is 2. The molecule has 1 fully saturated rings. The van der Waals surface area contributed by atoms with Crippen LogP contribution < -0.4 is 5.73 Å². The van der Waals surface area contributed by atoms with Crippen molar-refractivity contribution in [3.63, 3.8) is 0 Å². The Morgan fingerprint density at radius 2 is 2.00 bits per heavy atom. The van der Waals surface area contributed by atoms with Gasteiger partial charge in [-0.3, -0.25) is 0 Å². The summed E-state index contributed by atoms with van der Waals surface area (Å²) in [5.41, 5.74) is 9.49. The lowest BCUT2D eigenvalue weighted by Crippen LogP contribution is -2.05. The summed E-state index contributed by atoms with van der Waals surface area (Å²) in [5.74, 6) is 2.49. The predicted molar refractivity (Wildman–Crippen MR) is 86.7 cm³/mol. The smallest absolute Gasteiger partial charge is 0.131 e. The van der Waals surface area contributed by atoms with Crippen LogP contribution in [0.15, 0.2) is 22.7 Å². The van der Waals surface area contributed by atoms with Gasteiger partial charge in [0.15, 0.2) is 0 Å². The van der Waals surface area contributed by atoms with Gasteiger partial charge in [0, 0.05) is 23.0 Å². The normalized spacial score (nSPS) is 15.9. The SMILES string of the molecule is Cc1ccc(-c2nc(C3CCCC3)n(C)c2N)cc1Br. The lowest BCUT2D eigenvalue weighted by Gasteiger charge is -2.08. The number of benzene rings is 1. The van der Waals surface area contributed by atoms with E-state index in [-0.39, 0.29) is 0 Å². The van der Waals surface area contributed by atoms with Crippen molar-refractivity contribution in [2.24, 2.45) is 7.05 Å². The molecule has 1 aliphatic rings. The minimum Gasteiger partial charge on any atom is -0.383 e. The number of aromatic nitrogens is 2. The number of halogens is 1. The van der Waals surface area contributed by atoms with Crippen LogP contribution in [0.4, 0.5) is 5.82 Å². The van der Waals surface area contributed by atoms with Crippen LogP contribution in [-0.2, 0) is 7.05 Å². The fourth-order valence-corrected chi connectivity index (χ4v) is 3.41. The van der Waals surface area contributed by atoms with Crippen LogP contribution in [0.3, 0.4) is 0 Å². The minimum atomic E-state index is 0.574. The lowest BCUT2D eigenvalue weighted by atomic mass is 10.1. The second-order valence-corrected chi connectivity index (χ2v) is 6.56. The molecule has 1 heterocycles. The molecule has 0 saturated heterocycles. The van der Waals surface area contributed by atoms with E-state index in [2.05, 4.69) is 45.6 Å². The van der Waals surface area contributed by atoms with Crippen molar-refractivity contribution in [1.82, 2.24) is 9.55 Å². The van der Waals surface area contributed by atoms with E-state index in [0.717, 1.165) is 27.4 Å². The number of nitrogen functional groups attached to an aromatic ring is 1. The molecular weight excluding hydrogens is 314 g/mol. The van der Waals surface area contributed by atoms with Crippen molar-refractivity contribution < 1.29 is 0 Å². The summed E-state index contributed by atoms with van der Waals surface area (Å²) >= 11 is 3.58. The van der Waals surface area contributed by atoms with Crippen LogP contribution in [0, 0.1) is 6.92 Å². The molecule has 20 heavy (non-hydrogen) atoms. The van der Waals surface area contributed by atoms with Crippen LogP contribution in [0.2, 0.25) is 0 Å². The van der Waals surface area contributed by atoms with E-state index in [1.807, 2.05) is 7.05 Å². The number of anilines is 1. The molecule has 0 bridgehead atoms. The number of hydrogen-bond donors (Lipinski definition) is 1. The average molecular weight is 334 g/mol. The van der Waals surface area contributed by atoms with E-state index in [4.69, 9.17) is 10.7 Å². The lowest BCUT2D eigenvalue weighted by molar-refractivity contribution is 0.635. The first-order valence-corrected chi connectivity index (χ1v) is 7.96. The molecule has 106 valence electrons. The van der Waals surface area contributed by atoms with Crippen molar-refractivity contribution in [1.29, 1.82) is 0 Å². The predicted octanol–water partition coefficient (Wildman–Crippen LogP) is 4.40. The monoisotopic (exact) mass is 333 g/mol. The van der Waals surface area contributed by atoms with Crippen LogP contribution >= 0.6 is 15.9 Å². The van der Waals surface area contributed by atoms with Crippen molar-refractivity contribution in [2.75, 3.05) is 5.73 Å². The maximum Gasteiger partial charge on any atom is 0.131 e. The van der Waals surface area contributed by atoms with Crippen molar-refractivity contribution in [2.45, 2.75) is 38.5 Å². The summed E-state index contributed by atoms with van der Waals surface area (Å²) in [4.78, 5) is 4.85. The Balaban J connectivity index is 2.05. The van der Waals surface area contributed by atoms with Gasteiger partial charge in [0.05, 0.1) is 0 Å². The van der Waals surface area contributed by atoms with Gasteiger partial charge in [0.25, 0.3) is 0 Å². The standard InChI is InChI=1S/C16H20BrN3/c1-10-7-8-12(9-13(10)17)14-15(18)20(2)16(19-14)11-5-3-4-6-11/h7-9,11H,3-6,18H2,1-2H3. The molecule has 2 N–H and O–H groups in total. The van der Waals surface area contributed by atoms with E-state index in [9.17, 15) is 0 Å². The molecule has 1 saturated carbocycles. The zero-order valence-corrected chi connectivity index (χ0v) is 13.6. The van der Waals surface area contributed by atoms with Gasteiger partial charge in [-0.05, 0) is 31.4 Å². The maximum absolute atomic E-state index is 6.28. The van der Waals surface area contributed by atoms with E-state index >= 15 is 0 Å². The number of aryl methyl sites for hydroxylation is 1. The number of imidazole rings is 1. The highest BCUT2D eigenvalue weighted by Crippen LogP contribution is 2.37. The van der Waals surface area contributed by atoms with Gasteiger partial charge < -0.3 is 10.3 Å². The van der Waals surface area contributed by atoms with Crippen LogP contribution in [0.1, 0.15) is 43.0 Å². The summed E-state index contributed by atoms with van der Waals surface area (Å²) in [7, 11) is 2.03. The highest BCUT2D eigenvalue weighted by Gasteiger charge is 2.24. The Hall–Kier alpha value is -1.29. The third-order valence-corrected chi connectivity index (χ3v) is 5.19. The molecule has 4 heteroatoms. The van der Waals surface area contributed by atoms with Gasteiger partial charge >= 0.3 is 0 Å². The zero-order valence-electron chi connectivity index (χ0n) is 12.0. The van der Waals surface area contributed by atoms with Crippen LogP contribution in [0.25, 0.3) is 11.3 Å². The molecule has 0 amide bonds. The first-order chi connectivity index (χ1) is 9.58.